The van der Waals surface area contributed by atoms with E-state index < -0.39 is 0 Å². The van der Waals surface area contributed by atoms with Crippen LogP contribution < -0.4 is 5.73 Å². The van der Waals surface area contributed by atoms with Gasteiger partial charge in [0.25, 0.3) is 0 Å². The molecule has 1 aromatic rings. The van der Waals surface area contributed by atoms with Gasteiger partial charge in [0.2, 0.25) is 0 Å². The van der Waals surface area contributed by atoms with Gasteiger partial charge in [0.05, 0.1) is 11.9 Å². The van der Waals surface area contributed by atoms with E-state index in [1.165, 1.54) is 11.1 Å². The average Bonchev–Trinajstić information content (AvgIpc) is 2.29. The fourth-order valence-corrected chi connectivity index (χ4v) is 2.11. The molecule has 1 aromatic carbocycles. The molecule has 0 aromatic heterocycles. The lowest BCUT2D eigenvalue weighted by Gasteiger charge is -2.21. The summed E-state index contributed by atoms with van der Waals surface area (Å²) in [6.45, 7) is 2.05. The van der Waals surface area contributed by atoms with Crippen LogP contribution >= 0.6 is 0 Å². The van der Waals surface area contributed by atoms with E-state index in [0.29, 0.717) is 6.04 Å². The van der Waals surface area contributed by atoms with Crippen LogP contribution in [0.2, 0.25) is 0 Å². The first-order chi connectivity index (χ1) is 7.29. The molecular formula is C13H18N2. The molecule has 1 aliphatic carbocycles. The van der Waals surface area contributed by atoms with Crippen molar-refractivity contribution in [3.63, 3.8) is 0 Å². The third-order valence-corrected chi connectivity index (χ3v) is 3.03. The second-order valence-corrected chi connectivity index (χ2v) is 4.14. The second-order valence-electron chi connectivity index (χ2n) is 4.14. The Labute approximate surface area is 91.2 Å². The lowest BCUT2D eigenvalue weighted by Crippen LogP contribution is -2.21. The molecule has 0 saturated carbocycles. The van der Waals surface area contributed by atoms with E-state index in [0.717, 1.165) is 31.5 Å². The van der Waals surface area contributed by atoms with Gasteiger partial charge in [-0.1, -0.05) is 31.2 Å². The standard InChI is InChI=1S/C13H18N2/c1-2-13(14)15-12-8-7-10-5-3-4-6-11(10)9-12/h3-6,12H,2,7-9H2,1H3,(H2,14,15). The maximum Gasteiger partial charge on any atom is 0.0937 e. The van der Waals surface area contributed by atoms with E-state index in [-0.39, 0.29) is 0 Å². The molecule has 0 aliphatic heterocycles. The van der Waals surface area contributed by atoms with Gasteiger partial charge in [0.15, 0.2) is 0 Å². The van der Waals surface area contributed by atoms with Gasteiger partial charge in [0, 0.05) is 6.42 Å². The Morgan fingerprint density at radius 1 is 1.40 bits per heavy atom. The van der Waals surface area contributed by atoms with Gasteiger partial charge in [-0.25, -0.2) is 0 Å². The van der Waals surface area contributed by atoms with Crippen LogP contribution in [0.5, 0.6) is 0 Å². The predicted molar refractivity (Wildman–Crippen MR) is 64.2 cm³/mol. The van der Waals surface area contributed by atoms with E-state index >= 15 is 0 Å². The van der Waals surface area contributed by atoms with Crippen LogP contribution in [0, 0.1) is 0 Å². The largest absolute Gasteiger partial charge is 0.387 e. The normalized spacial score (nSPS) is 21.1. The molecule has 1 atom stereocenters. The Balaban J connectivity index is 2.12. The van der Waals surface area contributed by atoms with Crippen molar-refractivity contribution in [1.82, 2.24) is 0 Å². The Morgan fingerprint density at radius 3 is 2.87 bits per heavy atom. The molecule has 0 saturated heterocycles. The van der Waals surface area contributed by atoms with Crippen molar-refractivity contribution < 1.29 is 0 Å². The minimum Gasteiger partial charge on any atom is -0.387 e. The lowest BCUT2D eigenvalue weighted by molar-refractivity contribution is 0.577. The number of fused-ring (bicyclic) bond motifs is 1. The van der Waals surface area contributed by atoms with Gasteiger partial charge in [0.1, 0.15) is 0 Å². The molecule has 0 radical (unpaired) electrons. The van der Waals surface area contributed by atoms with Gasteiger partial charge in [-0.15, -0.1) is 0 Å². The quantitative estimate of drug-likeness (QED) is 0.580. The SMILES string of the molecule is CCC(N)=NC1CCc2ccccc2C1. The van der Waals surface area contributed by atoms with Crippen LogP contribution in [-0.4, -0.2) is 11.9 Å². The Morgan fingerprint density at radius 2 is 2.13 bits per heavy atom. The van der Waals surface area contributed by atoms with Crippen molar-refractivity contribution in [2.75, 3.05) is 0 Å². The van der Waals surface area contributed by atoms with E-state index in [9.17, 15) is 0 Å². The first kappa shape index (κ1) is 10.2. The molecular weight excluding hydrogens is 184 g/mol. The summed E-state index contributed by atoms with van der Waals surface area (Å²) >= 11 is 0. The number of amidine groups is 1. The average molecular weight is 202 g/mol. The third kappa shape index (κ3) is 2.38. The molecule has 15 heavy (non-hydrogen) atoms. The molecule has 0 amide bonds. The molecule has 2 rings (SSSR count). The molecule has 1 unspecified atom stereocenters. The predicted octanol–water partition coefficient (Wildman–Crippen LogP) is 2.31. The van der Waals surface area contributed by atoms with Crippen molar-refractivity contribution in [3.05, 3.63) is 35.4 Å². The fourth-order valence-electron chi connectivity index (χ4n) is 2.11. The number of aryl methyl sites for hydroxylation is 1. The zero-order chi connectivity index (χ0) is 10.7. The summed E-state index contributed by atoms with van der Waals surface area (Å²) < 4.78 is 0. The van der Waals surface area contributed by atoms with Gasteiger partial charge in [-0.05, 0) is 30.4 Å². The highest BCUT2D eigenvalue weighted by Gasteiger charge is 2.17. The number of benzene rings is 1. The van der Waals surface area contributed by atoms with Crippen molar-refractivity contribution in [1.29, 1.82) is 0 Å². The number of nitrogens with two attached hydrogens (primary N) is 1. The molecule has 2 N–H and O–H groups in total. The van der Waals surface area contributed by atoms with Crippen LogP contribution in [0.15, 0.2) is 29.3 Å². The Bertz CT molecular complexity index is 369. The monoisotopic (exact) mass is 202 g/mol. The third-order valence-electron chi connectivity index (χ3n) is 3.03. The van der Waals surface area contributed by atoms with Crippen molar-refractivity contribution >= 4 is 5.84 Å². The van der Waals surface area contributed by atoms with Crippen LogP contribution in [0.1, 0.15) is 30.9 Å². The molecule has 80 valence electrons. The summed E-state index contributed by atoms with van der Waals surface area (Å²) in [4.78, 5) is 4.55. The second kappa shape index (κ2) is 4.47. The summed E-state index contributed by atoms with van der Waals surface area (Å²) in [5.41, 5.74) is 8.70. The molecule has 2 heteroatoms. The van der Waals surface area contributed by atoms with E-state index in [4.69, 9.17) is 5.73 Å². The topological polar surface area (TPSA) is 38.4 Å². The molecule has 0 heterocycles. The fraction of sp³-hybridized carbons (Fsp3) is 0.462. The van der Waals surface area contributed by atoms with Crippen LogP contribution in [-0.2, 0) is 12.8 Å². The zero-order valence-electron chi connectivity index (χ0n) is 9.24. The molecule has 0 bridgehead atoms. The zero-order valence-corrected chi connectivity index (χ0v) is 9.24. The van der Waals surface area contributed by atoms with E-state index in [2.05, 4.69) is 36.2 Å². The summed E-state index contributed by atoms with van der Waals surface area (Å²) in [5.74, 6) is 0.791. The molecule has 0 fully saturated rings. The lowest BCUT2D eigenvalue weighted by atomic mass is 9.89. The van der Waals surface area contributed by atoms with Crippen LogP contribution in [0.4, 0.5) is 0 Å². The van der Waals surface area contributed by atoms with Crippen molar-refractivity contribution in [2.24, 2.45) is 10.7 Å². The maximum absolute atomic E-state index is 5.77. The van der Waals surface area contributed by atoms with Gasteiger partial charge < -0.3 is 5.73 Å². The van der Waals surface area contributed by atoms with Crippen molar-refractivity contribution in [2.45, 2.75) is 38.6 Å². The minimum atomic E-state index is 0.403. The van der Waals surface area contributed by atoms with Gasteiger partial charge in [-0.2, -0.15) is 0 Å². The highest BCUT2D eigenvalue weighted by atomic mass is 14.9. The number of hydrogen-bond donors (Lipinski definition) is 1. The smallest absolute Gasteiger partial charge is 0.0937 e. The first-order valence-electron chi connectivity index (χ1n) is 5.68. The molecule has 0 spiro atoms. The first-order valence-corrected chi connectivity index (χ1v) is 5.68. The summed E-state index contributed by atoms with van der Waals surface area (Å²) in [7, 11) is 0. The number of hydrogen-bond acceptors (Lipinski definition) is 1. The summed E-state index contributed by atoms with van der Waals surface area (Å²) in [6, 6.07) is 9.05. The highest BCUT2D eigenvalue weighted by Crippen LogP contribution is 2.22. The van der Waals surface area contributed by atoms with Gasteiger partial charge in [-0.3, -0.25) is 4.99 Å². The van der Waals surface area contributed by atoms with Crippen LogP contribution in [0.25, 0.3) is 0 Å². The Hall–Kier alpha value is -1.31. The van der Waals surface area contributed by atoms with E-state index in [1.807, 2.05) is 0 Å². The number of rotatable bonds is 2. The Kier molecular flexibility index (Phi) is 3.05. The maximum atomic E-state index is 5.77. The molecule has 2 nitrogen and oxygen atoms in total. The van der Waals surface area contributed by atoms with Gasteiger partial charge >= 0.3 is 0 Å². The minimum absolute atomic E-state index is 0.403. The van der Waals surface area contributed by atoms with Crippen molar-refractivity contribution in [3.8, 4) is 0 Å². The summed E-state index contributed by atoms with van der Waals surface area (Å²) in [5, 5.41) is 0. The highest BCUT2D eigenvalue weighted by molar-refractivity contribution is 5.80. The number of aliphatic imine (C=N–C) groups is 1. The molecule has 1 aliphatic rings. The van der Waals surface area contributed by atoms with Crippen LogP contribution in [0.3, 0.4) is 0 Å². The summed E-state index contributed by atoms with van der Waals surface area (Å²) in [6.07, 6.45) is 4.19. The van der Waals surface area contributed by atoms with E-state index in [1.54, 1.807) is 0 Å². The number of nitrogens with zero attached hydrogens (tertiary/aromatic N) is 1.